The molecule has 0 aromatic heterocycles. The molecule has 6 nitrogen and oxygen atoms in total. The van der Waals surface area contributed by atoms with Crippen LogP contribution in [0.4, 0.5) is 22.7 Å². The summed E-state index contributed by atoms with van der Waals surface area (Å²) >= 11 is 1.64. The predicted molar refractivity (Wildman–Crippen MR) is 165 cm³/mol. The van der Waals surface area contributed by atoms with E-state index in [9.17, 15) is 0 Å². The first-order valence-electron chi connectivity index (χ1n) is 12.8. The molecule has 0 aliphatic heterocycles. The molecule has 0 unspecified atom stereocenters. The Balaban J connectivity index is 0. The van der Waals surface area contributed by atoms with Crippen LogP contribution < -0.4 is 14.9 Å². The summed E-state index contributed by atoms with van der Waals surface area (Å²) in [5.41, 5.74) is 9.15. The number of ether oxygens (including phenoxy) is 2. The van der Waals surface area contributed by atoms with Gasteiger partial charge >= 0.3 is 0 Å². The van der Waals surface area contributed by atoms with Crippen molar-refractivity contribution in [3.63, 3.8) is 0 Å². The number of nitrogen functional groups attached to an aromatic ring is 1. The lowest BCUT2D eigenvalue weighted by Crippen LogP contribution is -2.23. The lowest BCUT2D eigenvalue weighted by molar-refractivity contribution is 0.0872. The molecule has 0 bridgehead atoms. The van der Waals surface area contributed by atoms with Crippen LogP contribution in [0.1, 0.15) is 61.3 Å². The molecule has 0 saturated heterocycles. The van der Waals surface area contributed by atoms with Crippen LogP contribution in [0.2, 0.25) is 0 Å². The molecule has 2 aromatic carbocycles. The van der Waals surface area contributed by atoms with Crippen LogP contribution in [0.3, 0.4) is 0 Å². The Morgan fingerprint density at radius 1 is 0.972 bits per heavy atom. The van der Waals surface area contributed by atoms with Gasteiger partial charge in [0, 0.05) is 64.5 Å². The molecular formula is C29H52N4O2S. The quantitative estimate of drug-likeness (QED) is 0.148. The zero-order valence-corrected chi connectivity index (χ0v) is 25.7. The number of unbranched alkanes of at least 4 members (excludes halogenated alkanes) is 1. The third-order valence-electron chi connectivity index (χ3n) is 4.67. The molecule has 2 rings (SSSR count). The fourth-order valence-corrected chi connectivity index (χ4v) is 3.29. The van der Waals surface area contributed by atoms with E-state index in [-0.39, 0.29) is 0 Å². The second-order valence-corrected chi connectivity index (χ2v) is 9.34. The van der Waals surface area contributed by atoms with E-state index in [1.165, 1.54) is 12.8 Å². The van der Waals surface area contributed by atoms with E-state index < -0.39 is 5.60 Å². The maximum atomic E-state index is 5.76. The largest absolute Gasteiger partial charge is 0.399 e. The van der Waals surface area contributed by atoms with Gasteiger partial charge in [-0.2, -0.15) is 0 Å². The highest BCUT2D eigenvalue weighted by Crippen LogP contribution is 2.35. The van der Waals surface area contributed by atoms with Crippen LogP contribution in [0, 0.1) is 0 Å². The van der Waals surface area contributed by atoms with E-state index in [1.807, 2.05) is 93.2 Å². The Labute approximate surface area is 226 Å². The number of anilines is 3. The van der Waals surface area contributed by atoms with Crippen LogP contribution in [0.25, 0.3) is 0 Å². The minimum Gasteiger partial charge on any atom is -0.399 e. The van der Waals surface area contributed by atoms with Crippen molar-refractivity contribution in [3.8, 4) is 0 Å². The number of nitrogens with two attached hydrogens (primary N) is 1. The average Bonchev–Trinajstić information content (AvgIpc) is 2.90. The van der Waals surface area contributed by atoms with E-state index >= 15 is 0 Å². The van der Waals surface area contributed by atoms with Crippen molar-refractivity contribution in [1.82, 2.24) is 0 Å². The van der Waals surface area contributed by atoms with Crippen molar-refractivity contribution in [3.05, 3.63) is 42.5 Å². The number of hydrogen-bond acceptors (Lipinski definition) is 7. The Bertz CT molecular complexity index is 821. The number of aliphatic imine (C=N–C) groups is 1. The summed E-state index contributed by atoms with van der Waals surface area (Å²) in [6, 6.07) is 14.1. The first kappa shape index (κ1) is 35.9. The molecule has 0 saturated carbocycles. The minimum atomic E-state index is -0.412. The molecule has 0 fully saturated rings. The van der Waals surface area contributed by atoms with Gasteiger partial charge in [0.1, 0.15) is 0 Å². The number of nitrogens with zero attached hydrogens (tertiary/aromatic N) is 3. The van der Waals surface area contributed by atoms with Crippen molar-refractivity contribution in [2.45, 2.75) is 71.8 Å². The fourth-order valence-electron chi connectivity index (χ4n) is 2.50. The maximum absolute atomic E-state index is 5.76. The average molecular weight is 521 g/mol. The van der Waals surface area contributed by atoms with Crippen LogP contribution in [0.15, 0.2) is 52.4 Å². The number of rotatable bonds is 10. The second-order valence-electron chi connectivity index (χ2n) is 8.14. The van der Waals surface area contributed by atoms with E-state index in [1.54, 1.807) is 26.2 Å². The molecule has 2 aromatic rings. The predicted octanol–water partition coefficient (Wildman–Crippen LogP) is 8.09. The van der Waals surface area contributed by atoms with Gasteiger partial charge in [-0.1, -0.05) is 41.0 Å². The van der Waals surface area contributed by atoms with Crippen LogP contribution in [-0.4, -0.2) is 53.8 Å². The van der Waals surface area contributed by atoms with Gasteiger partial charge in [0.15, 0.2) is 0 Å². The van der Waals surface area contributed by atoms with Crippen molar-refractivity contribution >= 4 is 40.9 Å². The third-order valence-corrected chi connectivity index (χ3v) is 5.64. The summed E-state index contributed by atoms with van der Waals surface area (Å²) in [7, 11) is 9.49. The summed E-state index contributed by atoms with van der Waals surface area (Å²) in [5, 5.41) is 0. The normalized spacial score (nSPS) is 10.3. The summed E-state index contributed by atoms with van der Waals surface area (Å²) in [5.74, 6) is 0. The zero-order valence-electron chi connectivity index (χ0n) is 24.9. The highest BCUT2D eigenvalue weighted by atomic mass is 32.2. The van der Waals surface area contributed by atoms with Gasteiger partial charge in [-0.15, -0.1) is 0 Å². The molecule has 7 heteroatoms. The third kappa shape index (κ3) is 15.0. The highest BCUT2D eigenvalue weighted by molar-refractivity contribution is 8.00. The monoisotopic (exact) mass is 520 g/mol. The fraction of sp³-hybridized carbons (Fsp3) is 0.552. The maximum Gasteiger partial charge on any atom is 0.0972 e. The molecule has 0 amide bonds. The standard InChI is InChI=1S/C20H28N4OS.C5H12O.2C2H6/c1-20(2,25-6)14-22-18-13-16(9-12-19(18)23(3)4)24(5)26-17-10-7-15(21)8-11-17;1-3-4-5-6-2;2*1-2/h7-14H,21H2,1-6H3;3-5H2,1-2H3;2*1-2H3. The first-order valence-corrected chi connectivity index (χ1v) is 13.6. The van der Waals surface area contributed by atoms with Gasteiger partial charge < -0.3 is 24.4 Å². The van der Waals surface area contributed by atoms with Crippen molar-refractivity contribution < 1.29 is 9.47 Å². The lowest BCUT2D eigenvalue weighted by Gasteiger charge is -2.22. The first-order chi connectivity index (χ1) is 17.1. The molecule has 206 valence electrons. The number of benzene rings is 2. The molecule has 0 heterocycles. The molecule has 2 N–H and O–H groups in total. The highest BCUT2D eigenvalue weighted by Gasteiger charge is 2.14. The van der Waals surface area contributed by atoms with Gasteiger partial charge in [-0.25, -0.2) is 0 Å². The minimum absolute atomic E-state index is 0.412. The summed E-state index contributed by atoms with van der Waals surface area (Å²) in [6.07, 6.45) is 4.26. The van der Waals surface area contributed by atoms with Crippen molar-refractivity contribution in [1.29, 1.82) is 0 Å². The van der Waals surface area contributed by atoms with E-state index in [4.69, 9.17) is 15.2 Å². The molecule has 0 radical (unpaired) electrons. The zero-order chi connectivity index (χ0) is 28.1. The van der Waals surface area contributed by atoms with Gasteiger partial charge in [-0.3, -0.25) is 4.99 Å². The van der Waals surface area contributed by atoms with E-state index in [2.05, 4.69) is 39.3 Å². The molecule has 36 heavy (non-hydrogen) atoms. The van der Waals surface area contributed by atoms with Crippen LogP contribution >= 0.6 is 11.9 Å². The molecule has 0 aliphatic carbocycles. The van der Waals surface area contributed by atoms with Gasteiger partial charge in [0.05, 0.1) is 17.0 Å². The van der Waals surface area contributed by atoms with Crippen LogP contribution in [0.5, 0.6) is 0 Å². The Kier molecular flexibility index (Phi) is 20.9. The van der Waals surface area contributed by atoms with Gasteiger partial charge in [-0.05, 0) is 74.7 Å². The number of hydrogen-bond donors (Lipinski definition) is 1. The molecule has 0 aliphatic rings. The van der Waals surface area contributed by atoms with E-state index in [0.29, 0.717) is 0 Å². The van der Waals surface area contributed by atoms with Crippen molar-refractivity contribution in [2.24, 2.45) is 4.99 Å². The summed E-state index contributed by atoms with van der Waals surface area (Å²) < 4.78 is 12.3. The second kappa shape index (κ2) is 20.9. The SMILES string of the molecule is CC.CC.CCCCOC.COC(C)(C)C=Nc1cc(N(C)Sc2ccc(N)cc2)ccc1N(C)C. The lowest BCUT2D eigenvalue weighted by atomic mass is 10.1. The Morgan fingerprint density at radius 2 is 1.56 bits per heavy atom. The van der Waals surface area contributed by atoms with E-state index in [0.717, 1.165) is 34.3 Å². The van der Waals surface area contributed by atoms with Gasteiger partial charge in [0.25, 0.3) is 0 Å². The Morgan fingerprint density at radius 3 is 2.00 bits per heavy atom. The topological polar surface area (TPSA) is 63.3 Å². The van der Waals surface area contributed by atoms with Gasteiger partial charge in [0.2, 0.25) is 0 Å². The summed E-state index contributed by atoms with van der Waals surface area (Å²) in [6.45, 7) is 15.0. The van der Waals surface area contributed by atoms with Crippen LogP contribution in [-0.2, 0) is 9.47 Å². The molecule has 0 atom stereocenters. The summed E-state index contributed by atoms with van der Waals surface area (Å²) in [4.78, 5) is 7.88. The molecule has 0 spiro atoms. The molecular weight excluding hydrogens is 468 g/mol. The van der Waals surface area contributed by atoms with Crippen molar-refractivity contribution in [2.75, 3.05) is 56.9 Å². The Hall–Kier alpha value is -2.22. The smallest absolute Gasteiger partial charge is 0.0972 e. The number of methoxy groups -OCH3 is 2.